The summed E-state index contributed by atoms with van der Waals surface area (Å²) < 4.78 is 24.1. The molecule has 0 saturated heterocycles. The fraction of sp³-hybridized carbons (Fsp3) is 0.214. The molecule has 1 aromatic heterocycles. The van der Waals surface area contributed by atoms with E-state index in [1.165, 1.54) is 22.9 Å². The van der Waals surface area contributed by atoms with E-state index in [0.717, 1.165) is 5.56 Å². The third-order valence-electron chi connectivity index (χ3n) is 5.48. The normalized spacial score (nSPS) is 10.6. The fourth-order valence-electron chi connectivity index (χ4n) is 3.59. The number of benzene rings is 3. The fourth-order valence-corrected chi connectivity index (χ4v) is 3.82. The van der Waals surface area contributed by atoms with Gasteiger partial charge in [0.25, 0.3) is 11.6 Å². The number of aromatic nitrogens is 2. The second kappa shape index (κ2) is 13.3. The van der Waals surface area contributed by atoms with Gasteiger partial charge in [0.2, 0.25) is 0 Å². The lowest BCUT2D eigenvalue weighted by Crippen LogP contribution is -2.14. The Morgan fingerprint density at radius 3 is 2.35 bits per heavy atom. The van der Waals surface area contributed by atoms with Gasteiger partial charge in [-0.1, -0.05) is 17.7 Å². The van der Waals surface area contributed by atoms with Crippen LogP contribution >= 0.6 is 11.6 Å². The quantitative estimate of drug-likeness (QED) is 0.152. The first-order chi connectivity index (χ1) is 19.4. The number of hydrogen-bond donors (Lipinski definition) is 1. The monoisotopic (exact) mass is 566 g/mol. The molecule has 0 spiro atoms. The van der Waals surface area contributed by atoms with Gasteiger partial charge in [-0.05, 0) is 67.9 Å². The van der Waals surface area contributed by atoms with Crippen molar-refractivity contribution < 1.29 is 28.7 Å². The van der Waals surface area contributed by atoms with Crippen LogP contribution < -0.4 is 24.3 Å². The van der Waals surface area contributed by atoms with Crippen LogP contribution in [0.25, 0.3) is 0 Å². The summed E-state index contributed by atoms with van der Waals surface area (Å²) in [4.78, 5) is 22.9. The molecule has 1 heterocycles. The number of carbonyl (C=O) groups excluding carboxylic acids is 1. The molecule has 0 saturated carbocycles. The smallest absolute Gasteiger partial charge is 0.276 e. The van der Waals surface area contributed by atoms with Gasteiger partial charge in [0, 0.05) is 24.0 Å². The van der Waals surface area contributed by atoms with Gasteiger partial charge in [0.1, 0.15) is 18.1 Å². The largest absolute Gasteiger partial charge is 0.490 e. The predicted octanol–water partition coefficient (Wildman–Crippen LogP) is 6.11. The summed E-state index contributed by atoms with van der Waals surface area (Å²) >= 11 is 6.04. The van der Waals surface area contributed by atoms with Crippen LogP contribution in [0.5, 0.6) is 23.0 Å². The lowest BCUT2D eigenvalue weighted by Gasteiger charge is -2.13. The maximum atomic E-state index is 12.6. The third-order valence-corrected chi connectivity index (χ3v) is 5.77. The van der Waals surface area contributed by atoms with Crippen molar-refractivity contribution >= 4 is 28.9 Å². The Labute approximate surface area is 235 Å². The Kier molecular flexibility index (Phi) is 9.42. The SMILES string of the molecule is CCOc1ccc(COc2ccc(NC(=O)c3ccn(COc4ccc([N+](=O)[O-])cc4Cl)n3)cc2)cc1OCC. The number of amides is 1. The summed E-state index contributed by atoms with van der Waals surface area (Å²) in [6.07, 6.45) is 1.57. The first-order valence-electron chi connectivity index (χ1n) is 12.4. The van der Waals surface area contributed by atoms with Crippen LogP contribution in [0.1, 0.15) is 29.9 Å². The molecule has 0 radical (unpaired) electrons. The standard InChI is InChI=1S/C28H27ClN4O7/c1-3-37-26-11-5-19(15-27(26)38-4-2)17-39-22-9-6-20(7-10-22)30-28(34)24-13-14-32(31-24)18-40-25-12-8-21(33(35)36)16-23(25)29/h5-16H,3-4,17-18H2,1-2H3,(H,30,34). The molecule has 4 aromatic rings. The van der Waals surface area contributed by atoms with Crippen LogP contribution in [0.2, 0.25) is 5.02 Å². The summed E-state index contributed by atoms with van der Waals surface area (Å²) in [5, 5.41) is 17.9. The average Bonchev–Trinajstić information content (AvgIpc) is 3.43. The molecule has 0 aliphatic rings. The Balaban J connectivity index is 1.29. The molecule has 11 nitrogen and oxygen atoms in total. The van der Waals surface area contributed by atoms with Crippen LogP contribution in [0.15, 0.2) is 72.9 Å². The van der Waals surface area contributed by atoms with Crippen molar-refractivity contribution in [2.45, 2.75) is 27.2 Å². The minimum Gasteiger partial charge on any atom is -0.490 e. The van der Waals surface area contributed by atoms with E-state index in [4.69, 9.17) is 30.5 Å². The number of ether oxygens (including phenoxy) is 4. The summed E-state index contributed by atoms with van der Waals surface area (Å²) in [6, 6.07) is 18.1. The lowest BCUT2D eigenvalue weighted by atomic mass is 10.2. The van der Waals surface area contributed by atoms with E-state index in [9.17, 15) is 14.9 Å². The van der Waals surface area contributed by atoms with Crippen molar-refractivity contribution in [3.8, 4) is 23.0 Å². The number of carbonyl (C=O) groups is 1. The molecule has 0 aliphatic heterocycles. The molecule has 0 bridgehead atoms. The second-order valence-corrected chi connectivity index (χ2v) is 8.71. The van der Waals surface area contributed by atoms with Gasteiger partial charge in [0.15, 0.2) is 23.9 Å². The Hall–Kier alpha value is -4.77. The van der Waals surface area contributed by atoms with Crippen molar-refractivity contribution in [3.05, 3.63) is 99.3 Å². The first kappa shape index (κ1) is 28.2. The number of halogens is 1. The van der Waals surface area contributed by atoms with E-state index >= 15 is 0 Å². The van der Waals surface area contributed by atoms with Crippen LogP contribution in [-0.4, -0.2) is 33.8 Å². The molecule has 208 valence electrons. The lowest BCUT2D eigenvalue weighted by molar-refractivity contribution is -0.384. The van der Waals surface area contributed by atoms with Gasteiger partial charge in [-0.2, -0.15) is 5.10 Å². The molecule has 1 N–H and O–H groups in total. The van der Waals surface area contributed by atoms with Crippen molar-refractivity contribution in [1.82, 2.24) is 9.78 Å². The van der Waals surface area contributed by atoms with Crippen molar-refractivity contribution in [2.24, 2.45) is 0 Å². The highest BCUT2D eigenvalue weighted by molar-refractivity contribution is 6.32. The average molecular weight is 567 g/mol. The first-order valence-corrected chi connectivity index (χ1v) is 12.8. The molecule has 0 aliphatic carbocycles. The predicted molar refractivity (Wildman–Crippen MR) is 148 cm³/mol. The number of non-ortho nitro benzene ring substituents is 1. The number of nitrogens with zero attached hydrogens (tertiary/aromatic N) is 3. The molecular weight excluding hydrogens is 540 g/mol. The highest BCUT2D eigenvalue weighted by Crippen LogP contribution is 2.30. The van der Waals surface area contributed by atoms with E-state index in [-0.39, 0.29) is 28.9 Å². The third kappa shape index (κ3) is 7.41. The molecule has 0 unspecified atom stereocenters. The van der Waals surface area contributed by atoms with Gasteiger partial charge in [0.05, 0.1) is 23.2 Å². The highest BCUT2D eigenvalue weighted by Gasteiger charge is 2.13. The molecule has 40 heavy (non-hydrogen) atoms. The molecule has 3 aromatic carbocycles. The summed E-state index contributed by atoms with van der Waals surface area (Å²) in [5.41, 5.74) is 1.54. The van der Waals surface area contributed by atoms with Crippen LogP contribution in [0, 0.1) is 10.1 Å². The zero-order chi connectivity index (χ0) is 28.5. The number of nitro benzene ring substituents is 1. The van der Waals surface area contributed by atoms with Gasteiger partial charge in [-0.3, -0.25) is 14.9 Å². The minimum absolute atomic E-state index is 0.0444. The molecule has 4 rings (SSSR count). The van der Waals surface area contributed by atoms with E-state index in [1.807, 2.05) is 32.0 Å². The molecule has 1 amide bonds. The molecular formula is C28H27ClN4O7. The number of hydrogen-bond acceptors (Lipinski definition) is 8. The Morgan fingerprint density at radius 1 is 0.925 bits per heavy atom. The van der Waals surface area contributed by atoms with Gasteiger partial charge < -0.3 is 24.3 Å². The number of anilines is 1. The van der Waals surface area contributed by atoms with E-state index in [1.54, 1.807) is 36.5 Å². The molecule has 0 atom stereocenters. The Bertz CT molecular complexity index is 1470. The van der Waals surface area contributed by atoms with E-state index in [2.05, 4.69) is 10.4 Å². The van der Waals surface area contributed by atoms with Gasteiger partial charge >= 0.3 is 0 Å². The van der Waals surface area contributed by atoms with Gasteiger partial charge in [-0.25, -0.2) is 4.68 Å². The zero-order valence-corrected chi connectivity index (χ0v) is 22.6. The molecule has 12 heteroatoms. The van der Waals surface area contributed by atoms with Crippen LogP contribution in [0.4, 0.5) is 11.4 Å². The van der Waals surface area contributed by atoms with E-state index in [0.29, 0.717) is 42.8 Å². The summed E-state index contributed by atoms with van der Waals surface area (Å²) in [7, 11) is 0. The van der Waals surface area contributed by atoms with Crippen molar-refractivity contribution in [2.75, 3.05) is 18.5 Å². The van der Waals surface area contributed by atoms with Crippen molar-refractivity contribution in [1.29, 1.82) is 0 Å². The highest BCUT2D eigenvalue weighted by atomic mass is 35.5. The van der Waals surface area contributed by atoms with Crippen LogP contribution in [-0.2, 0) is 13.3 Å². The number of nitrogens with one attached hydrogen (secondary N) is 1. The maximum absolute atomic E-state index is 12.6. The minimum atomic E-state index is -0.545. The van der Waals surface area contributed by atoms with Crippen molar-refractivity contribution in [3.63, 3.8) is 0 Å². The topological polar surface area (TPSA) is 127 Å². The zero-order valence-electron chi connectivity index (χ0n) is 21.8. The second-order valence-electron chi connectivity index (χ2n) is 8.30. The summed E-state index contributed by atoms with van der Waals surface area (Å²) in [5.74, 6) is 1.86. The summed E-state index contributed by atoms with van der Waals surface area (Å²) in [6.45, 7) is 5.21. The number of rotatable bonds is 13. The van der Waals surface area contributed by atoms with Gasteiger partial charge in [-0.15, -0.1) is 0 Å². The maximum Gasteiger partial charge on any atom is 0.276 e. The number of nitro groups is 1. The van der Waals surface area contributed by atoms with Crippen LogP contribution in [0.3, 0.4) is 0 Å². The Morgan fingerprint density at radius 2 is 1.65 bits per heavy atom. The molecule has 0 fully saturated rings. The van der Waals surface area contributed by atoms with E-state index < -0.39 is 10.8 Å².